The number of hydrogen-bond donors (Lipinski definition) is 3. The molecule has 0 bridgehead atoms. The number of fused-ring (bicyclic) bond motifs is 1. The molecule has 0 saturated carbocycles. The summed E-state index contributed by atoms with van der Waals surface area (Å²) in [5.74, 6) is 0.0507. The highest BCUT2D eigenvalue weighted by molar-refractivity contribution is 7.09. The van der Waals surface area contributed by atoms with Gasteiger partial charge in [-0.3, -0.25) is 10.2 Å². The Morgan fingerprint density at radius 2 is 2.53 bits per heavy atom. The van der Waals surface area contributed by atoms with Crippen LogP contribution in [0.15, 0.2) is 11.6 Å². The van der Waals surface area contributed by atoms with Crippen molar-refractivity contribution in [3.8, 4) is 0 Å². The second-order valence-electron chi connectivity index (χ2n) is 5.23. The predicted octanol–water partition coefficient (Wildman–Crippen LogP) is -0.272. The Kier molecular flexibility index (Phi) is 3.84. The van der Waals surface area contributed by atoms with Crippen LogP contribution in [0, 0.1) is 5.92 Å². The Bertz CT molecular complexity index is 416. The van der Waals surface area contributed by atoms with E-state index in [1.165, 1.54) is 7.11 Å². The average molecular weight is 284 g/mol. The molecule has 3 rings (SSSR count). The maximum Gasteiger partial charge on any atom is 0.159 e. The summed E-state index contributed by atoms with van der Waals surface area (Å²) in [5.41, 5.74) is 6.10. The number of hydrogen-bond acceptors (Lipinski definition) is 7. The van der Waals surface area contributed by atoms with E-state index in [-0.39, 0.29) is 24.2 Å². The van der Waals surface area contributed by atoms with E-state index < -0.39 is 6.29 Å². The molecule has 2 saturated heterocycles. The lowest BCUT2D eigenvalue weighted by atomic mass is 9.93. The van der Waals surface area contributed by atoms with Crippen molar-refractivity contribution in [3.63, 3.8) is 0 Å². The number of nitrogens with zero attached hydrogens (tertiary/aromatic N) is 2. The fourth-order valence-electron chi connectivity index (χ4n) is 3.21. The molecule has 4 N–H and O–H groups in total. The van der Waals surface area contributed by atoms with Crippen molar-refractivity contribution in [2.75, 3.05) is 20.2 Å². The van der Waals surface area contributed by atoms with E-state index in [0.29, 0.717) is 6.54 Å². The van der Waals surface area contributed by atoms with Gasteiger partial charge in [0.05, 0.1) is 0 Å². The molecule has 7 heteroatoms. The van der Waals surface area contributed by atoms with Gasteiger partial charge >= 0.3 is 0 Å². The van der Waals surface area contributed by atoms with E-state index in [0.717, 1.165) is 18.0 Å². The average Bonchev–Trinajstić information content (AvgIpc) is 3.04. The van der Waals surface area contributed by atoms with Gasteiger partial charge in [-0.05, 0) is 6.42 Å². The van der Waals surface area contributed by atoms with Gasteiger partial charge < -0.3 is 15.6 Å². The fourth-order valence-corrected chi connectivity index (χ4v) is 3.94. The van der Waals surface area contributed by atoms with E-state index in [4.69, 9.17) is 10.5 Å². The SMILES string of the molecule is COC(O)C1CNC(c2nccs2)N2CC(N)CC12. The molecular formula is C12H20N4O2S. The maximum absolute atomic E-state index is 9.99. The Morgan fingerprint density at radius 1 is 1.68 bits per heavy atom. The molecule has 2 fully saturated rings. The Morgan fingerprint density at radius 3 is 3.21 bits per heavy atom. The number of rotatable bonds is 3. The van der Waals surface area contributed by atoms with Crippen LogP contribution in [0.5, 0.6) is 0 Å². The molecule has 2 aliphatic heterocycles. The molecule has 2 aliphatic rings. The molecule has 6 nitrogen and oxygen atoms in total. The lowest BCUT2D eigenvalue weighted by molar-refractivity contribution is -0.142. The van der Waals surface area contributed by atoms with Gasteiger partial charge in [-0.15, -0.1) is 11.3 Å². The largest absolute Gasteiger partial charge is 0.368 e. The summed E-state index contributed by atoms with van der Waals surface area (Å²) in [7, 11) is 1.54. The van der Waals surface area contributed by atoms with Gasteiger partial charge in [0.15, 0.2) is 6.29 Å². The van der Waals surface area contributed by atoms with Gasteiger partial charge in [0.25, 0.3) is 0 Å². The van der Waals surface area contributed by atoms with Gasteiger partial charge in [0.1, 0.15) is 11.2 Å². The first-order valence-electron chi connectivity index (χ1n) is 6.55. The zero-order valence-corrected chi connectivity index (χ0v) is 11.7. The highest BCUT2D eigenvalue weighted by atomic mass is 32.1. The fraction of sp³-hybridized carbons (Fsp3) is 0.750. The molecule has 0 amide bonds. The van der Waals surface area contributed by atoms with Crippen molar-refractivity contribution < 1.29 is 9.84 Å². The predicted molar refractivity (Wildman–Crippen MR) is 72.4 cm³/mol. The van der Waals surface area contributed by atoms with Crippen LogP contribution in [0.25, 0.3) is 0 Å². The number of aliphatic hydroxyl groups is 1. The van der Waals surface area contributed by atoms with Gasteiger partial charge in [-0.25, -0.2) is 4.98 Å². The summed E-state index contributed by atoms with van der Waals surface area (Å²) < 4.78 is 5.09. The van der Waals surface area contributed by atoms with Crippen molar-refractivity contribution in [1.82, 2.24) is 15.2 Å². The minimum Gasteiger partial charge on any atom is -0.368 e. The molecule has 0 aliphatic carbocycles. The zero-order valence-electron chi connectivity index (χ0n) is 10.9. The lowest BCUT2D eigenvalue weighted by Gasteiger charge is -2.43. The first kappa shape index (κ1) is 13.4. The van der Waals surface area contributed by atoms with E-state index in [1.54, 1.807) is 11.3 Å². The molecule has 3 heterocycles. The second-order valence-corrected chi connectivity index (χ2v) is 6.16. The lowest BCUT2D eigenvalue weighted by Crippen LogP contribution is -2.56. The first-order chi connectivity index (χ1) is 9.20. The van der Waals surface area contributed by atoms with Gasteiger partial charge in [-0.2, -0.15) is 0 Å². The summed E-state index contributed by atoms with van der Waals surface area (Å²) >= 11 is 1.65. The Labute approximate surface area is 116 Å². The second kappa shape index (κ2) is 5.43. The highest BCUT2D eigenvalue weighted by Gasteiger charge is 2.46. The number of methoxy groups -OCH3 is 1. The molecule has 5 atom stereocenters. The molecule has 106 valence electrons. The maximum atomic E-state index is 9.99. The summed E-state index contributed by atoms with van der Waals surface area (Å²) in [4.78, 5) is 6.71. The minimum absolute atomic E-state index is 0.0507. The van der Waals surface area contributed by atoms with Crippen molar-refractivity contribution in [1.29, 1.82) is 0 Å². The van der Waals surface area contributed by atoms with Gasteiger partial charge in [-0.1, -0.05) is 0 Å². The molecule has 1 aromatic heterocycles. The molecule has 0 aromatic carbocycles. The molecule has 0 spiro atoms. The number of nitrogens with one attached hydrogen (secondary N) is 1. The van der Waals surface area contributed by atoms with Crippen LogP contribution in [-0.2, 0) is 4.74 Å². The van der Waals surface area contributed by atoms with E-state index >= 15 is 0 Å². The third-order valence-corrected chi connectivity index (χ3v) is 4.91. The molecule has 5 unspecified atom stereocenters. The molecule has 0 radical (unpaired) electrons. The minimum atomic E-state index is -0.748. The van der Waals surface area contributed by atoms with E-state index in [9.17, 15) is 5.11 Å². The first-order valence-corrected chi connectivity index (χ1v) is 7.43. The van der Waals surface area contributed by atoms with E-state index in [2.05, 4.69) is 15.2 Å². The number of aliphatic hydroxyl groups excluding tert-OH is 1. The van der Waals surface area contributed by atoms with Crippen LogP contribution in [0.2, 0.25) is 0 Å². The summed E-state index contributed by atoms with van der Waals surface area (Å²) in [6.07, 6.45) is 2.08. The zero-order chi connectivity index (χ0) is 13.4. The monoisotopic (exact) mass is 284 g/mol. The van der Waals surface area contributed by atoms with Crippen LogP contribution in [0.3, 0.4) is 0 Å². The van der Waals surface area contributed by atoms with Crippen LogP contribution in [-0.4, -0.2) is 53.6 Å². The molecule has 1 aromatic rings. The smallest absolute Gasteiger partial charge is 0.159 e. The topological polar surface area (TPSA) is 83.6 Å². The normalized spacial score (nSPS) is 37.2. The standard InChI is InChI=1S/C12H20N4O2S/c1-18-12(17)8-5-15-10(11-14-2-3-19-11)16-6-7(13)4-9(8)16/h2-3,7-10,12,15,17H,4-6,13H2,1H3. The third-order valence-electron chi connectivity index (χ3n) is 4.08. The highest BCUT2D eigenvalue weighted by Crippen LogP contribution is 2.36. The van der Waals surface area contributed by atoms with E-state index in [1.807, 2.05) is 11.6 Å². The number of ether oxygens (including phenoxy) is 1. The molecule has 19 heavy (non-hydrogen) atoms. The number of aromatic nitrogens is 1. The van der Waals surface area contributed by atoms with Gasteiger partial charge in [0.2, 0.25) is 0 Å². The summed E-state index contributed by atoms with van der Waals surface area (Å²) in [5, 5.41) is 16.5. The van der Waals surface area contributed by atoms with Crippen LogP contribution < -0.4 is 11.1 Å². The van der Waals surface area contributed by atoms with Crippen molar-refractivity contribution in [3.05, 3.63) is 16.6 Å². The Balaban J connectivity index is 1.82. The summed E-state index contributed by atoms with van der Waals surface area (Å²) in [6, 6.07) is 0.402. The number of nitrogens with two attached hydrogens (primary N) is 1. The number of thiazole rings is 1. The van der Waals surface area contributed by atoms with Crippen molar-refractivity contribution in [2.45, 2.75) is 31.0 Å². The molecular weight excluding hydrogens is 264 g/mol. The van der Waals surface area contributed by atoms with Crippen LogP contribution >= 0.6 is 11.3 Å². The van der Waals surface area contributed by atoms with Gasteiger partial charge in [0, 0.05) is 49.8 Å². The summed E-state index contributed by atoms with van der Waals surface area (Å²) in [6.45, 7) is 1.54. The third kappa shape index (κ3) is 2.42. The van der Waals surface area contributed by atoms with Crippen molar-refractivity contribution >= 4 is 11.3 Å². The van der Waals surface area contributed by atoms with Crippen LogP contribution in [0.4, 0.5) is 0 Å². The van der Waals surface area contributed by atoms with Crippen LogP contribution in [0.1, 0.15) is 17.6 Å². The Hall–Kier alpha value is -0.570. The van der Waals surface area contributed by atoms with Crippen molar-refractivity contribution in [2.24, 2.45) is 11.7 Å². The quantitative estimate of drug-likeness (QED) is 0.663.